The molecule has 0 aliphatic rings. The van der Waals surface area contributed by atoms with Gasteiger partial charge in [0.1, 0.15) is 11.9 Å². The van der Waals surface area contributed by atoms with E-state index in [1.807, 2.05) is 6.26 Å². The minimum Gasteiger partial charge on any atom is -0.444 e. The van der Waals surface area contributed by atoms with Gasteiger partial charge in [0, 0.05) is 10.5 Å². The third-order valence-corrected chi connectivity index (χ3v) is 2.79. The molecule has 0 radical (unpaired) electrons. The molecule has 0 bridgehead atoms. The largest absolute Gasteiger partial charge is 0.444 e. The fraction of sp³-hybridized carbons (Fsp3) is 0.385. The summed E-state index contributed by atoms with van der Waals surface area (Å²) in [6.07, 6.45) is 2.11. The second-order valence-corrected chi connectivity index (χ2v) is 5.55. The molecule has 5 heteroatoms. The molecule has 0 saturated carbocycles. The number of thioether (sulfide) groups is 1. The minimum absolute atomic E-state index is 0.513. The van der Waals surface area contributed by atoms with Crippen molar-refractivity contribution in [1.29, 1.82) is 0 Å². The lowest BCUT2D eigenvalue weighted by Crippen LogP contribution is -2.27. The monoisotopic (exact) mass is 267 g/mol. The lowest BCUT2D eigenvalue weighted by Gasteiger charge is -2.20. The fourth-order valence-corrected chi connectivity index (χ4v) is 1.84. The molecule has 4 nitrogen and oxygen atoms in total. The fourth-order valence-electron chi connectivity index (χ4n) is 1.31. The van der Waals surface area contributed by atoms with E-state index in [0.717, 1.165) is 11.2 Å². The van der Waals surface area contributed by atoms with Gasteiger partial charge in [-0.1, -0.05) is 6.07 Å². The van der Waals surface area contributed by atoms with E-state index in [1.54, 1.807) is 39.0 Å². The molecule has 0 spiro atoms. The van der Waals surface area contributed by atoms with Crippen molar-refractivity contribution >= 4 is 29.8 Å². The average molecular weight is 267 g/mol. The van der Waals surface area contributed by atoms with Crippen LogP contribution in [-0.4, -0.2) is 24.2 Å². The van der Waals surface area contributed by atoms with Crippen molar-refractivity contribution < 1.29 is 14.3 Å². The Labute approximate surface area is 111 Å². The molecule has 18 heavy (non-hydrogen) atoms. The summed E-state index contributed by atoms with van der Waals surface area (Å²) < 4.78 is 5.17. The van der Waals surface area contributed by atoms with Crippen LogP contribution in [0.1, 0.15) is 31.1 Å². The first kappa shape index (κ1) is 14.6. The third kappa shape index (κ3) is 4.41. The highest BCUT2D eigenvalue weighted by atomic mass is 32.2. The summed E-state index contributed by atoms with van der Waals surface area (Å²) in [6, 6.07) is 5.13. The predicted molar refractivity (Wildman–Crippen MR) is 73.5 cm³/mol. The minimum atomic E-state index is -0.550. The first-order valence-corrected chi connectivity index (χ1v) is 6.71. The van der Waals surface area contributed by atoms with Gasteiger partial charge in [-0.15, -0.1) is 11.8 Å². The quantitative estimate of drug-likeness (QED) is 0.672. The highest BCUT2D eigenvalue weighted by Crippen LogP contribution is 2.26. The Morgan fingerprint density at radius 3 is 2.56 bits per heavy atom. The van der Waals surface area contributed by atoms with Crippen molar-refractivity contribution in [3.05, 3.63) is 23.8 Å². The summed E-state index contributed by atoms with van der Waals surface area (Å²) in [4.78, 5) is 23.3. The first-order chi connectivity index (χ1) is 8.35. The van der Waals surface area contributed by atoms with Crippen LogP contribution < -0.4 is 5.32 Å². The van der Waals surface area contributed by atoms with Crippen LogP contribution in [0, 0.1) is 0 Å². The summed E-state index contributed by atoms with van der Waals surface area (Å²) in [5.74, 6) is 0. The van der Waals surface area contributed by atoms with Crippen LogP contribution in [-0.2, 0) is 4.74 Å². The number of hydrogen-bond acceptors (Lipinski definition) is 4. The van der Waals surface area contributed by atoms with E-state index in [1.165, 1.54) is 11.8 Å². The van der Waals surface area contributed by atoms with Gasteiger partial charge in [-0.05, 0) is 39.2 Å². The Hall–Kier alpha value is -1.49. The van der Waals surface area contributed by atoms with E-state index in [4.69, 9.17) is 4.74 Å². The van der Waals surface area contributed by atoms with Gasteiger partial charge in [-0.3, -0.25) is 10.1 Å². The number of nitrogens with one attached hydrogen (secondary N) is 1. The Bertz CT molecular complexity index is 452. The zero-order valence-electron chi connectivity index (χ0n) is 10.9. The maximum Gasteiger partial charge on any atom is 0.412 e. The molecule has 0 aliphatic heterocycles. The Morgan fingerprint density at radius 1 is 1.39 bits per heavy atom. The number of rotatable bonds is 3. The molecule has 0 atom stereocenters. The number of anilines is 1. The molecular formula is C13H17NO3S. The molecule has 1 aromatic carbocycles. The zero-order chi connectivity index (χ0) is 13.8. The number of carbonyl (C=O) groups excluding carboxylic acids is 2. The van der Waals surface area contributed by atoms with E-state index in [0.29, 0.717) is 11.3 Å². The molecule has 98 valence electrons. The Morgan fingerprint density at radius 2 is 2.06 bits per heavy atom. The number of carbonyl (C=O) groups is 2. The molecule has 0 saturated heterocycles. The molecule has 0 unspecified atom stereocenters. The highest BCUT2D eigenvalue weighted by molar-refractivity contribution is 7.98. The van der Waals surface area contributed by atoms with Crippen molar-refractivity contribution in [2.45, 2.75) is 31.3 Å². The maximum atomic E-state index is 11.7. The van der Waals surface area contributed by atoms with E-state index in [9.17, 15) is 9.59 Å². The molecule has 0 fully saturated rings. The number of ether oxygens (including phenoxy) is 1. The molecule has 0 heterocycles. The van der Waals surface area contributed by atoms with Crippen molar-refractivity contribution in [3.8, 4) is 0 Å². The maximum absolute atomic E-state index is 11.7. The Balaban J connectivity index is 2.88. The lowest BCUT2D eigenvalue weighted by molar-refractivity contribution is 0.0635. The van der Waals surface area contributed by atoms with Gasteiger partial charge in [-0.2, -0.15) is 0 Å². The standard InChI is InChI=1S/C13H17NO3S/c1-13(2,3)17-12(16)14-10-7-9(8-15)5-6-11(10)18-4/h5-8H,1-4H3,(H,14,16). The van der Waals surface area contributed by atoms with Crippen LogP contribution in [0.2, 0.25) is 0 Å². The Kier molecular flexibility index (Phi) is 4.78. The van der Waals surface area contributed by atoms with E-state index >= 15 is 0 Å². The van der Waals surface area contributed by atoms with Gasteiger partial charge in [-0.25, -0.2) is 4.79 Å². The first-order valence-electron chi connectivity index (χ1n) is 5.49. The second-order valence-electron chi connectivity index (χ2n) is 4.70. The van der Waals surface area contributed by atoms with Crippen molar-refractivity contribution in [3.63, 3.8) is 0 Å². The molecule has 1 aromatic rings. The molecule has 1 N–H and O–H groups in total. The zero-order valence-corrected chi connectivity index (χ0v) is 11.8. The third-order valence-electron chi connectivity index (χ3n) is 2.00. The van der Waals surface area contributed by atoms with Crippen LogP contribution in [0.4, 0.5) is 10.5 Å². The lowest BCUT2D eigenvalue weighted by atomic mass is 10.2. The van der Waals surface area contributed by atoms with Crippen molar-refractivity contribution in [2.24, 2.45) is 0 Å². The SMILES string of the molecule is CSc1ccc(C=O)cc1NC(=O)OC(C)(C)C. The second kappa shape index (κ2) is 5.91. The molecular weight excluding hydrogens is 250 g/mol. The van der Waals surface area contributed by atoms with Gasteiger partial charge in [0.2, 0.25) is 0 Å². The summed E-state index contributed by atoms with van der Waals surface area (Å²) in [5, 5.41) is 2.65. The molecule has 1 rings (SSSR count). The van der Waals surface area contributed by atoms with E-state index in [-0.39, 0.29) is 0 Å². The summed E-state index contributed by atoms with van der Waals surface area (Å²) in [5.41, 5.74) is 0.548. The van der Waals surface area contributed by atoms with E-state index in [2.05, 4.69) is 5.32 Å². The number of benzene rings is 1. The number of amides is 1. The van der Waals surface area contributed by atoms with Crippen LogP contribution in [0.15, 0.2) is 23.1 Å². The summed E-state index contributed by atoms with van der Waals surface area (Å²) in [6.45, 7) is 5.39. The van der Waals surface area contributed by atoms with Gasteiger partial charge < -0.3 is 4.74 Å². The normalized spacial score (nSPS) is 10.9. The van der Waals surface area contributed by atoms with Crippen LogP contribution in [0.25, 0.3) is 0 Å². The van der Waals surface area contributed by atoms with Gasteiger partial charge in [0.05, 0.1) is 5.69 Å². The predicted octanol–water partition coefficient (Wildman–Crippen LogP) is 3.57. The van der Waals surface area contributed by atoms with Crippen molar-refractivity contribution in [2.75, 3.05) is 11.6 Å². The van der Waals surface area contributed by atoms with Crippen LogP contribution in [0.3, 0.4) is 0 Å². The topological polar surface area (TPSA) is 55.4 Å². The highest BCUT2D eigenvalue weighted by Gasteiger charge is 2.17. The van der Waals surface area contributed by atoms with Gasteiger partial charge in [0.15, 0.2) is 0 Å². The number of hydrogen-bond donors (Lipinski definition) is 1. The molecule has 0 aliphatic carbocycles. The summed E-state index contributed by atoms with van der Waals surface area (Å²) in [7, 11) is 0. The van der Waals surface area contributed by atoms with Crippen molar-refractivity contribution in [1.82, 2.24) is 0 Å². The smallest absolute Gasteiger partial charge is 0.412 e. The molecule has 1 amide bonds. The number of aldehydes is 1. The van der Waals surface area contributed by atoms with Crippen LogP contribution in [0.5, 0.6) is 0 Å². The van der Waals surface area contributed by atoms with E-state index < -0.39 is 11.7 Å². The summed E-state index contributed by atoms with van der Waals surface area (Å²) >= 11 is 1.49. The molecule has 0 aromatic heterocycles. The average Bonchev–Trinajstić information content (AvgIpc) is 2.26. The van der Waals surface area contributed by atoms with Gasteiger partial charge >= 0.3 is 6.09 Å². The van der Waals surface area contributed by atoms with Crippen LogP contribution >= 0.6 is 11.8 Å². The van der Waals surface area contributed by atoms with Gasteiger partial charge in [0.25, 0.3) is 0 Å².